The minimum absolute atomic E-state index is 0.00752. The third-order valence-electron chi connectivity index (χ3n) is 5.35. The lowest BCUT2D eigenvalue weighted by atomic mass is 9.86. The van der Waals surface area contributed by atoms with Gasteiger partial charge in [0, 0.05) is 34.9 Å². The average molecular weight is 478 g/mol. The van der Waals surface area contributed by atoms with Crippen molar-refractivity contribution >= 4 is 34.9 Å². The molecule has 0 bridgehead atoms. The molecule has 3 rings (SSSR count). The fourth-order valence-corrected chi connectivity index (χ4v) is 3.65. The maximum Gasteiger partial charge on any atom is 0.324 e. The molecular weight excluding hydrogens is 450 g/mol. The molecule has 0 saturated heterocycles. The Morgan fingerprint density at radius 3 is 2.29 bits per heavy atom. The predicted octanol–water partition coefficient (Wildman–Crippen LogP) is 6.22. The zero-order chi connectivity index (χ0) is 24.9. The summed E-state index contributed by atoms with van der Waals surface area (Å²) in [5, 5.41) is 13.8. The predicted molar refractivity (Wildman–Crippen MR) is 137 cm³/mol. The number of benzene rings is 3. The summed E-state index contributed by atoms with van der Waals surface area (Å²) in [6, 6.07) is 18.9. The molecule has 0 radical (unpaired) electrons. The Labute approximate surface area is 204 Å². The van der Waals surface area contributed by atoms with Gasteiger partial charge in [0.15, 0.2) is 5.78 Å². The van der Waals surface area contributed by atoms with Crippen LogP contribution in [0, 0.1) is 5.41 Å². The molecule has 0 aliphatic carbocycles. The minimum Gasteiger partial charge on any atom is -0.496 e. The van der Waals surface area contributed by atoms with Crippen LogP contribution in [0.4, 0.5) is 10.5 Å². The quantitative estimate of drug-likeness (QED) is 0.223. The van der Waals surface area contributed by atoms with Gasteiger partial charge in [-0.15, -0.1) is 0 Å². The lowest BCUT2D eigenvalue weighted by Crippen LogP contribution is -2.34. The maximum atomic E-state index is 12.7. The summed E-state index contributed by atoms with van der Waals surface area (Å²) < 4.78 is 5.42. The average Bonchev–Trinajstić information content (AvgIpc) is 2.79. The highest BCUT2D eigenvalue weighted by Gasteiger charge is 2.16. The molecule has 0 aromatic heterocycles. The summed E-state index contributed by atoms with van der Waals surface area (Å²) in [5.74, 6) is 0.325. The van der Waals surface area contributed by atoms with E-state index in [0.29, 0.717) is 33.1 Å². The van der Waals surface area contributed by atoms with Gasteiger partial charge in [0.1, 0.15) is 11.6 Å². The van der Waals surface area contributed by atoms with Gasteiger partial charge in [-0.1, -0.05) is 74.8 Å². The zero-order valence-corrected chi connectivity index (χ0v) is 20.4. The van der Waals surface area contributed by atoms with Crippen LogP contribution < -0.4 is 15.4 Å². The third kappa shape index (κ3) is 6.23. The molecule has 3 N–H and O–H groups in total. The number of Topliss-reactive ketones (excluding diaryl/α,β-unsaturated/α-hetero) is 1. The first-order valence-electron chi connectivity index (χ1n) is 10.8. The van der Waals surface area contributed by atoms with Crippen molar-refractivity contribution in [2.75, 3.05) is 12.4 Å². The Hall–Kier alpha value is -3.64. The molecule has 3 aromatic rings. The number of hydrogen-bond acceptors (Lipinski definition) is 4. The number of amidine groups is 1. The van der Waals surface area contributed by atoms with Crippen molar-refractivity contribution in [3.05, 3.63) is 94.0 Å². The molecule has 176 valence electrons. The highest BCUT2D eigenvalue weighted by molar-refractivity contribution is 6.34. The van der Waals surface area contributed by atoms with Crippen molar-refractivity contribution in [1.82, 2.24) is 5.32 Å². The summed E-state index contributed by atoms with van der Waals surface area (Å²) in [6.07, 6.45) is 0.106. The van der Waals surface area contributed by atoms with Crippen molar-refractivity contribution in [2.24, 2.45) is 0 Å². The van der Waals surface area contributed by atoms with Crippen LogP contribution in [0.2, 0.25) is 5.02 Å². The molecule has 34 heavy (non-hydrogen) atoms. The van der Waals surface area contributed by atoms with Crippen molar-refractivity contribution in [3.8, 4) is 5.75 Å². The van der Waals surface area contributed by atoms with Gasteiger partial charge < -0.3 is 10.1 Å². The maximum absolute atomic E-state index is 12.7. The second-order valence-corrected chi connectivity index (χ2v) is 9.30. The second kappa shape index (κ2) is 10.5. The Morgan fingerprint density at radius 2 is 1.68 bits per heavy atom. The van der Waals surface area contributed by atoms with E-state index < -0.39 is 6.03 Å². The molecule has 0 fully saturated rings. The number of halogens is 1. The largest absolute Gasteiger partial charge is 0.496 e. The van der Waals surface area contributed by atoms with Crippen molar-refractivity contribution in [1.29, 1.82) is 5.41 Å². The van der Waals surface area contributed by atoms with Crippen molar-refractivity contribution < 1.29 is 14.3 Å². The molecule has 0 saturated carbocycles. The topological polar surface area (TPSA) is 91.3 Å². The fraction of sp³-hybridized carbons (Fsp3) is 0.222. The number of carbonyl (C=O) groups excluding carboxylic acids is 2. The van der Waals surface area contributed by atoms with Crippen LogP contribution in [0.3, 0.4) is 0 Å². The number of nitrogens with one attached hydrogen (secondary N) is 3. The summed E-state index contributed by atoms with van der Waals surface area (Å²) in [5.41, 5.74) is 3.35. The molecule has 0 spiro atoms. The summed E-state index contributed by atoms with van der Waals surface area (Å²) in [6.45, 7) is 6.35. The first-order valence-corrected chi connectivity index (χ1v) is 11.2. The summed E-state index contributed by atoms with van der Waals surface area (Å²) in [7, 11) is 1.50. The van der Waals surface area contributed by atoms with Crippen LogP contribution in [0.1, 0.15) is 47.8 Å². The van der Waals surface area contributed by atoms with Gasteiger partial charge in [-0.05, 0) is 29.2 Å². The number of methoxy groups -OCH3 is 1. The third-order valence-corrected chi connectivity index (χ3v) is 5.68. The number of anilines is 1. The van der Waals surface area contributed by atoms with E-state index >= 15 is 0 Å². The van der Waals surface area contributed by atoms with Gasteiger partial charge >= 0.3 is 6.03 Å². The van der Waals surface area contributed by atoms with Crippen molar-refractivity contribution in [3.63, 3.8) is 0 Å². The number of amides is 2. The molecule has 0 aliphatic heterocycles. The molecule has 2 amide bonds. The number of ether oxygens (including phenoxy) is 1. The van der Waals surface area contributed by atoms with Crippen LogP contribution in [-0.2, 0) is 11.8 Å². The van der Waals surface area contributed by atoms with Gasteiger partial charge in [-0.2, -0.15) is 0 Å². The van der Waals surface area contributed by atoms with E-state index in [4.69, 9.17) is 21.7 Å². The molecule has 3 aromatic carbocycles. The van der Waals surface area contributed by atoms with E-state index in [-0.39, 0.29) is 23.5 Å². The molecular formula is C27H28ClN3O3. The lowest BCUT2D eigenvalue weighted by Gasteiger charge is -2.19. The molecule has 6 nitrogen and oxygen atoms in total. The van der Waals surface area contributed by atoms with Gasteiger partial charge in [0.2, 0.25) is 0 Å². The number of rotatable bonds is 6. The first kappa shape index (κ1) is 25.0. The van der Waals surface area contributed by atoms with E-state index in [1.807, 2.05) is 24.3 Å². The fourth-order valence-electron chi connectivity index (χ4n) is 3.41. The van der Waals surface area contributed by atoms with Crippen LogP contribution >= 0.6 is 11.6 Å². The normalized spacial score (nSPS) is 11.0. The standard InChI is InChI=1S/C27H28ClN3O3/c1-27(2,3)19-12-9-17(10-13-19)25(29)31-26(33)30-20-14-11-18(24(16-20)34-4)15-23(32)21-7-5-6-8-22(21)28/h5-14,16H,15H2,1-4H3,(H3,29,30,31,33). The van der Waals surface area contributed by atoms with Crippen LogP contribution in [-0.4, -0.2) is 24.8 Å². The monoisotopic (exact) mass is 477 g/mol. The molecule has 0 heterocycles. The van der Waals surface area contributed by atoms with E-state index in [2.05, 4.69) is 31.4 Å². The summed E-state index contributed by atoms with van der Waals surface area (Å²) in [4.78, 5) is 25.1. The van der Waals surface area contributed by atoms with Crippen molar-refractivity contribution in [2.45, 2.75) is 32.6 Å². The van der Waals surface area contributed by atoms with E-state index in [0.717, 1.165) is 5.56 Å². The van der Waals surface area contributed by atoms with Crippen LogP contribution in [0.15, 0.2) is 66.7 Å². The number of hydrogen-bond donors (Lipinski definition) is 3. The van der Waals surface area contributed by atoms with E-state index in [9.17, 15) is 9.59 Å². The van der Waals surface area contributed by atoms with E-state index in [1.165, 1.54) is 7.11 Å². The first-order chi connectivity index (χ1) is 16.1. The van der Waals surface area contributed by atoms with Gasteiger partial charge in [0.05, 0.1) is 12.1 Å². The van der Waals surface area contributed by atoms with Crippen LogP contribution in [0.5, 0.6) is 5.75 Å². The van der Waals surface area contributed by atoms with Crippen LogP contribution in [0.25, 0.3) is 0 Å². The van der Waals surface area contributed by atoms with Gasteiger partial charge in [-0.25, -0.2) is 4.79 Å². The number of carbonyl (C=O) groups is 2. The number of urea groups is 1. The lowest BCUT2D eigenvalue weighted by molar-refractivity contribution is 0.0992. The Bertz CT molecular complexity index is 1210. The number of ketones is 1. The SMILES string of the molecule is COc1cc(NC(=O)NC(=N)c2ccc(C(C)(C)C)cc2)ccc1CC(=O)c1ccccc1Cl. The molecule has 0 atom stereocenters. The smallest absolute Gasteiger partial charge is 0.324 e. The molecule has 0 aliphatic rings. The second-order valence-electron chi connectivity index (χ2n) is 8.89. The highest BCUT2D eigenvalue weighted by Crippen LogP contribution is 2.26. The zero-order valence-electron chi connectivity index (χ0n) is 19.7. The Kier molecular flexibility index (Phi) is 7.74. The summed E-state index contributed by atoms with van der Waals surface area (Å²) >= 11 is 6.13. The Balaban J connectivity index is 1.65. The minimum atomic E-state index is -0.549. The van der Waals surface area contributed by atoms with Gasteiger partial charge in [0.25, 0.3) is 0 Å². The molecule has 0 unspecified atom stereocenters. The molecule has 7 heteroatoms. The Morgan fingerprint density at radius 1 is 1.00 bits per heavy atom. The van der Waals surface area contributed by atoms with Gasteiger partial charge in [-0.3, -0.25) is 15.5 Å². The van der Waals surface area contributed by atoms with E-state index in [1.54, 1.807) is 42.5 Å². The highest BCUT2D eigenvalue weighted by atomic mass is 35.5.